The highest BCUT2D eigenvalue weighted by molar-refractivity contribution is 7.91. The zero-order chi connectivity index (χ0) is 13.5. The Morgan fingerprint density at radius 2 is 1.82 bits per heavy atom. The van der Waals surface area contributed by atoms with Crippen LogP contribution in [0.5, 0.6) is 0 Å². The Bertz CT molecular complexity index is 411. The zero-order valence-corrected chi connectivity index (χ0v) is 11.6. The fraction of sp³-hybridized carbons (Fsp3) is 0.909. The molecule has 0 aromatic carbocycles. The van der Waals surface area contributed by atoms with E-state index in [0.717, 1.165) is 0 Å². The van der Waals surface area contributed by atoms with Crippen LogP contribution in [0.15, 0.2) is 0 Å². The van der Waals surface area contributed by atoms with Crippen LogP contribution in [0.1, 0.15) is 34.1 Å². The summed E-state index contributed by atoms with van der Waals surface area (Å²) in [5.74, 6) is -0.601. The highest BCUT2D eigenvalue weighted by Crippen LogP contribution is 2.32. The third kappa shape index (κ3) is 2.98. The standard InChI is InChI=1S/C11H21NO4S/c1-10(2,9(13)14)11(3,4)12-8-5-6-17(15,16)7-8/h8,12H,5-7H2,1-4H3,(H,13,14). The lowest BCUT2D eigenvalue weighted by atomic mass is 9.74. The number of carboxylic acid groups (broad SMARTS) is 1. The molecule has 1 aliphatic rings. The molecule has 17 heavy (non-hydrogen) atoms. The molecule has 1 unspecified atom stereocenters. The highest BCUT2D eigenvalue weighted by atomic mass is 32.2. The average Bonchev–Trinajstić information content (AvgIpc) is 2.43. The van der Waals surface area contributed by atoms with Gasteiger partial charge in [0, 0.05) is 11.6 Å². The summed E-state index contributed by atoms with van der Waals surface area (Å²) < 4.78 is 22.7. The Balaban J connectivity index is 2.78. The second-order valence-corrected chi connectivity index (χ2v) is 8.03. The van der Waals surface area contributed by atoms with Gasteiger partial charge < -0.3 is 10.4 Å². The van der Waals surface area contributed by atoms with Crippen LogP contribution in [0.3, 0.4) is 0 Å². The van der Waals surface area contributed by atoms with Gasteiger partial charge in [0.1, 0.15) is 0 Å². The van der Waals surface area contributed by atoms with Crippen LogP contribution < -0.4 is 5.32 Å². The second-order valence-electron chi connectivity index (χ2n) is 5.80. The van der Waals surface area contributed by atoms with Gasteiger partial charge in [0.25, 0.3) is 0 Å². The van der Waals surface area contributed by atoms with E-state index in [0.29, 0.717) is 6.42 Å². The van der Waals surface area contributed by atoms with Crippen molar-refractivity contribution in [3.63, 3.8) is 0 Å². The first-order valence-electron chi connectivity index (χ1n) is 5.69. The fourth-order valence-corrected chi connectivity index (χ4v) is 3.54. The molecule has 1 fully saturated rings. The van der Waals surface area contributed by atoms with E-state index in [1.54, 1.807) is 27.7 Å². The number of hydrogen-bond acceptors (Lipinski definition) is 4. The summed E-state index contributed by atoms with van der Waals surface area (Å²) in [6, 6.07) is -0.145. The Morgan fingerprint density at radius 1 is 1.29 bits per heavy atom. The number of sulfone groups is 1. The average molecular weight is 263 g/mol. The number of carbonyl (C=O) groups is 1. The summed E-state index contributed by atoms with van der Waals surface area (Å²) in [5, 5.41) is 12.4. The second kappa shape index (κ2) is 4.24. The van der Waals surface area contributed by atoms with Crippen LogP contribution >= 0.6 is 0 Å². The molecule has 0 radical (unpaired) electrons. The van der Waals surface area contributed by atoms with Crippen LogP contribution in [-0.4, -0.2) is 42.6 Å². The van der Waals surface area contributed by atoms with Crippen molar-refractivity contribution < 1.29 is 18.3 Å². The molecule has 100 valence electrons. The Morgan fingerprint density at radius 3 is 2.18 bits per heavy atom. The monoisotopic (exact) mass is 263 g/mol. The normalized spacial score (nSPS) is 24.8. The first kappa shape index (κ1) is 14.4. The summed E-state index contributed by atoms with van der Waals surface area (Å²) in [4.78, 5) is 11.2. The van der Waals surface area contributed by atoms with Crippen molar-refractivity contribution in [2.75, 3.05) is 11.5 Å². The highest BCUT2D eigenvalue weighted by Gasteiger charge is 2.45. The number of carboxylic acids is 1. The molecule has 1 saturated heterocycles. The molecule has 0 amide bonds. The maximum Gasteiger partial charge on any atom is 0.310 e. The van der Waals surface area contributed by atoms with Gasteiger partial charge in [-0.25, -0.2) is 8.42 Å². The summed E-state index contributed by atoms with van der Waals surface area (Å²) in [6.45, 7) is 6.88. The van der Waals surface area contributed by atoms with E-state index in [1.165, 1.54) is 0 Å². The van der Waals surface area contributed by atoms with Crippen LogP contribution in [0, 0.1) is 5.41 Å². The van der Waals surface area contributed by atoms with Gasteiger partial charge in [-0.05, 0) is 34.1 Å². The van der Waals surface area contributed by atoms with Gasteiger partial charge in [-0.3, -0.25) is 4.79 Å². The first-order chi connectivity index (χ1) is 7.48. The quantitative estimate of drug-likeness (QED) is 0.778. The third-order valence-electron chi connectivity index (χ3n) is 3.89. The minimum Gasteiger partial charge on any atom is -0.481 e. The van der Waals surface area contributed by atoms with E-state index >= 15 is 0 Å². The van der Waals surface area contributed by atoms with E-state index < -0.39 is 26.8 Å². The summed E-state index contributed by atoms with van der Waals surface area (Å²) >= 11 is 0. The molecule has 0 aromatic rings. The van der Waals surface area contributed by atoms with Crippen LogP contribution in [0.2, 0.25) is 0 Å². The number of nitrogens with one attached hydrogen (secondary N) is 1. The molecule has 1 atom stereocenters. The van der Waals surface area contributed by atoms with Gasteiger partial charge in [0.15, 0.2) is 9.84 Å². The third-order valence-corrected chi connectivity index (χ3v) is 5.66. The fourth-order valence-electron chi connectivity index (χ4n) is 1.87. The SMILES string of the molecule is CC(C)(NC1CCS(=O)(=O)C1)C(C)(C)C(=O)O. The largest absolute Gasteiger partial charge is 0.481 e. The molecule has 1 rings (SSSR count). The summed E-state index contributed by atoms with van der Waals surface area (Å²) in [6.07, 6.45) is 0.557. The predicted molar refractivity (Wildman–Crippen MR) is 65.7 cm³/mol. The van der Waals surface area contributed by atoms with Gasteiger partial charge in [-0.2, -0.15) is 0 Å². The molecule has 0 aliphatic carbocycles. The molecule has 1 heterocycles. The molecule has 2 N–H and O–H groups in total. The van der Waals surface area contributed by atoms with Crippen LogP contribution in [0.25, 0.3) is 0 Å². The van der Waals surface area contributed by atoms with Gasteiger partial charge in [0.05, 0.1) is 16.9 Å². The summed E-state index contributed by atoms with van der Waals surface area (Å²) in [7, 11) is -2.94. The van der Waals surface area contributed by atoms with E-state index in [1.807, 2.05) is 0 Å². The molecule has 0 bridgehead atoms. The maximum atomic E-state index is 11.4. The lowest BCUT2D eigenvalue weighted by Crippen LogP contribution is -2.58. The molecular formula is C11H21NO4S. The molecule has 1 aliphatic heterocycles. The van der Waals surface area contributed by atoms with E-state index in [9.17, 15) is 18.3 Å². The number of rotatable bonds is 4. The number of hydrogen-bond donors (Lipinski definition) is 2. The molecule has 0 aromatic heterocycles. The predicted octanol–water partition coefficient (Wildman–Crippen LogP) is 0.652. The molecule has 5 nitrogen and oxygen atoms in total. The van der Waals surface area contributed by atoms with E-state index in [2.05, 4.69) is 5.32 Å². The molecule has 0 saturated carbocycles. The lowest BCUT2D eigenvalue weighted by molar-refractivity contribution is -0.151. The molecule has 6 heteroatoms. The summed E-state index contributed by atoms with van der Waals surface area (Å²) in [5.41, 5.74) is -1.62. The minimum absolute atomic E-state index is 0.103. The van der Waals surface area contributed by atoms with Gasteiger partial charge in [-0.15, -0.1) is 0 Å². The van der Waals surface area contributed by atoms with Crippen LogP contribution in [-0.2, 0) is 14.6 Å². The Kier molecular flexibility index (Phi) is 3.60. The minimum atomic E-state index is -2.94. The van der Waals surface area contributed by atoms with Crippen molar-refractivity contribution in [3.05, 3.63) is 0 Å². The molecule has 0 spiro atoms. The van der Waals surface area contributed by atoms with Crippen molar-refractivity contribution in [3.8, 4) is 0 Å². The van der Waals surface area contributed by atoms with Gasteiger partial charge in [0.2, 0.25) is 0 Å². The van der Waals surface area contributed by atoms with E-state index in [4.69, 9.17) is 0 Å². The zero-order valence-electron chi connectivity index (χ0n) is 10.8. The van der Waals surface area contributed by atoms with Crippen LogP contribution in [0.4, 0.5) is 0 Å². The van der Waals surface area contributed by atoms with Crippen molar-refractivity contribution >= 4 is 15.8 Å². The lowest BCUT2D eigenvalue weighted by Gasteiger charge is -2.40. The van der Waals surface area contributed by atoms with Crippen molar-refractivity contribution in [2.24, 2.45) is 5.41 Å². The van der Waals surface area contributed by atoms with Crippen molar-refractivity contribution in [1.29, 1.82) is 0 Å². The van der Waals surface area contributed by atoms with E-state index in [-0.39, 0.29) is 17.5 Å². The smallest absolute Gasteiger partial charge is 0.310 e. The number of aliphatic carboxylic acids is 1. The topological polar surface area (TPSA) is 83.5 Å². The Hall–Kier alpha value is -0.620. The van der Waals surface area contributed by atoms with Crippen molar-refractivity contribution in [2.45, 2.75) is 45.7 Å². The van der Waals surface area contributed by atoms with Gasteiger partial charge >= 0.3 is 5.97 Å². The maximum absolute atomic E-state index is 11.4. The molecular weight excluding hydrogens is 242 g/mol. The first-order valence-corrected chi connectivity index (χ1v) is 7.51. The van der Waals surface area contributed by atoms with Gasteiger partial charge in [-0.1, -0.05) is 0 Å². The van der Waals surface area contributed by atoms with Crippen molar-refractivity contribution in [1.82, 2.24) is 5.32 Å². The Labute approximate surface area is 103 Å².